The van der Waals surface area contributed by atoms with Crippen LogP contribution in [0.4, 0.5) is 0 Å². The zero-order valence-electron chi connectivity index (χ0n) is 13.8. The molecule has 0 N–H and O–H groups in total. The summed E-state index contributed by atoms with van der Waals surface area (Å²) in [6.45, 7) is -0.180. The molecule has 0 bridgehead atoms. The Labute approximate surface area is 163 Å². The Kier molecular flexibility index (Phi) is 4.51. The summed E-state index contributed by atoms with van der Waals surface area (Å²) in [4.78, 5) is 25.0. The third kappa shape index (κ3) is 3.49. The Balaban J connectivity index is 1.67. The number of benzene rings is 2. The van der Waals surface area contributed by atoms with E-state index >= 15 is 0 Å². The van der Waals surface area contributed by atoms with Crippen LogP contribution in [-0.2, 0) is 6.54 Å². The van der Waals surface area contributed by atoms with Crippen molar-refractivity contribution in [3.05, 3.63) is 86.8 Å². The van der Waals surface area contributed by atoms with Crippen molar-refractivity contribution in [3.63, 3.8) is 0 Å². The van der Waals surface area contributed by atoms with Crippen LogP contribution in [0.25, 0.3) is 16.9 Å². The number of ketones is 1. The van der Waals surface area contributed by atoms with Crippen LogP contribution >= 0.6 is 23.2 Å². The van der Waals surface area contributed by atoms with Crippen molar-refractivity contribution < 1.29 is 4.79 Å². The van der Waals surface area contributed by atoms with E-state index < -0.39 is 5.69 Å². The van der Waals surface area contributed by atoms with Crippen molar-refractivity contribution in [3.8, 4) is 11.3 Å². The van der Waals surface area contributed by atoms with Gasteiger partial charge in [0.2, 0.25) is 0 Å². The number of nitrogens with zero attached hydrogens (tertiary/aromatic N) is 4. The molecule has 2 aromatic heterocycles. The van der Waals surface area contributed by atoms with Gasteiger partial charge in [0.25, 0.3) is 0 Å². The Morgan fingerprint density at radius 1 is 0.852 bits per heavy atom. The second kappa shape index (κ2) is 6.98. The van der Waals surface area contributed by atoms with Gasteiger partial charge < -0.3 is 0 Å². The van der Waals surface area contributed by atoms with Crippen molar-refractivity contribution in [1.29, 1.82) is 0 Å². The fourth-order valence-electron chi connectivity index (χ4n) is 2.65. The monoisotopic (exact) mass is 398 g/mol. The third-order valence-electron chi connectivity index (χ3n) is 4.04. The van der Waals surface area contributed by atoms with Gasteiger partial charge in [0.05, 0.1) is 5.69 Å². The van der Waals surface area contributed by atoms with E-state index in [0.29, 0.717) is 26.9 Å². The molecule has 0 aliphatic heterocycles. The van der Waals surface area contributed by atoms with Crippen LogP contribution < -0.4 is 5.69 Å². The molecule has 6 nitrogen and oxygen atoms in total. The van der Waals surface area contributed by atoms with E-state index in [1.165, 1.54) is 4.52 Å². The van der Waals surface area contributed by atoms with E-state index in [1.807, 2.05) is 12.1 Å². The zero-order chi connectivity index (χ0) is 19.0. The molecule has 0 aliphatic carbocycles. The average molecular weight is 399 g/mol. The van der Waals surface area contributed by atoms with Gasteiger partial charge in [-0.05, 0) is 48.5 Å². The molecule has 2 aromatic carbocycles. The molecule has 0 saturated carbocycles. The lowest BCUT2D eigenvalue weighted by molar-refractivity contribution is 0.0966. The minimum Gasteiger partial charge on any atom is -0.292 e. The largest absolute Gasteiger partial charge is 0.367 e. The van der Waals surface area contributed by atoms with Gasteiger partial charge in [0, 0.05) is 21.2 Å². The zero-order valence-corrected chi connectivity index (χ0v) is 15.4. The van der Waals surface area contributed by atoms with Crippen LogP contribution in [0, 0.1) is 0 Å². The summed E-state index contributed by atoms with van der Waals surface area (Å²) < 4.78 is 2.28. The quantitative estimate of drug-likeness (QED) is 0.490. The summed E-state index contributed by atoms with van der Waals surface area (Å²) in [7, 11) is 0. The lowest BCUT2D eigenvalue weighted by Crippen LogP contribution is -2.26. The normalized spacial score (nSPS) is 11.0. The van der Waals surface area contributed by atoms with Crippen molar-refractivity contribution in [2.45, 2.75) is 6.54 Å². The Hall–Kier alpha value is -2.96. The first kappa shape index (κ1) is 17.5. The van der Waals surface area contributed by atoms with Crippen molar-refractivity contribution in [2.24, 2.45) is 0 Å². The second-order valence-corrected chi connectivity index (χ2v) is 6.74. The van der Waals surface area contributed by atoms with Crippen molar-refractivity contribution in [2.75, 3.05) is 0 Å². The van der Waals surface area contributed by atoms with Gasteiger partial charge in [-0.2, -0.15) is 9.61 Å². The van der Waals surface area contributed by atoms with Gasteiger partial charge >= 0.3 is 5.69 Å². The molecular weight excluding hydrogens is 387 g/mol. The molecule has 27 heavy (non-hydrogen) atoms. The van der Waals surface area contributed by atoms with Crippen LogP contribution in [0.3, 0.4) is 0 Å². The Bertz CT molecular complexity index is 1200. The predicted molar refractivity (Wildman–Crippen MR) is 103 cm³/mol. The van der Waals surface area contributed by atoms with Gasteiger partial charge in [0.15, 0.2) is 11.4 Å². The predicted octanol–water partition coefficient (Wildman–Crippen LogP) is 3.75. The summed E-state index contributed by atoms with van der Waals surface area (Å²) >= 11 is 11.7. The Morgan fingerprint density at radius 3 is 2.15 bits per heavy atom. The number of hydrogen-bond acceptors (Lipinski definition) is 4. The maximum Gasteiger partial charge on any atom is 0.367 e. The summed E-state index contributed by atoms with van der Waals surface area (Å²) in [6.07, 6.45) is 0. The summed E-state index contributed by atoms with van der Waals surface area (Å²) in [6, 6.07) is 17.1. The lowest BCUT2D eigenvalue weighted by Gasteiger charge is -2.00. The van der Waals surface area contributed by atoms with Crippen LogP contribution in [0.2, 0.25) is 10.0 Å². The standard InChI is InChI=1S/C19H12Cl2N4O2/c20-14-5-1-12(2-6-14)16-9-10-18-23-24(19(27)25(18)22-16)11-17(26)13-3-7-15(21)8-4-13/h1-10H,11H2. The average Bonchev–Trinajstić information content (AvgIpc) is 2.98. The number of aromatic nitrogens is 4. The third-order valence-corrected chi connectivity index (χ3v) is 4.54. The van der Waals surface area contributed by atoms with Gasteiger partial charge in [-0.15, -0.1) is 5.10 Å². The molecule has 8 heteroatoms. The summed E-state index contributed by atoms with van der Waals surface area (Å²) in [5.74, 6) is -0.241. The highest BCUT2D eigenvalue weighted by molar-refractivity contribution is 6.30. The van der Waals surface area contributed by atoms with Gasteiger partial charge in [-0.1, -0.05) is 35.3 Å². The lowest BCUT2D eigenvalue weighted by atomic mass is 10.1. The highest BCUT2D eigenvalue weighted by Crippen LogP contribution is 2.19. The molecule has 0 unspecified atom stereocenters. The molecule has 0 fully saturated rings. The smallest absolute Gasteiger partial charge is 0.292 e. The molecule has 4 rings (SSSR count). The van der Waals surface area contributed by atoms with E-state index in [2.05, 4.69) is 10.2 Å². The molecule has 4 aromatic rings. The van der Waals surface area contributed by atoms with Crippen molar-refractivity contribution in [1.82, 2.24) is 19.4 Å². The van der Waals surface area contributed by atoms with E-state index in [9.17, 15) is 9.59 Å². The highest BCUT2D eigenvalue weighted by atomic mass is 35.5. The molecule has 0 aliphatic rings. The number of halogens is 2. The second-order valence-electron chi connectivity index (χ2n) is 5.87. The topological polar surface area (TPSA) is 69.3 Å². The SMILES string of the molecule is O=C(Cn1nc2ccc(-c3ccc(Cl)cc3)nn2c1=O)c1ccc(Cl)cc1. The summed E-state index contributed by atoms with van der Waals surface area (Å²) in [5, 5.41) is 9.67. The van der Waals surface area contributed by atoms with Crippen LogP contribution in [-0.4, -0.2) is 25.2 Å². The molecule has 0 saturated heterocycles. The first-order valence-corrected chi connectivity index (χ1v) is 8.78. The first-order valence-electron chi connectivity index (χ1n) is 8.03. The van der Waals surface area contributed by atoms with E-state index in [0.717, 1.165) is 10.2 Å². The molecule has 0 atom stereocenters. The number of fused-ring (bicyclic) bond motifs is 1. The fraction of sp³-hybridized carbons (Fsp3) is 0.0526. The van der Waals surface area contributed by atoms with Crippen LogP contribution in [0.15, 0.2) is 65.5 Å². The highest BCUT2D eigenvalue weighted by Gasteiger charge is 2.14. The number of carbonyl (C=O) groups excluding carboxylic acids is 1. The van der Waals surface area contributed by atoms with E-state index in [1.54, 1.807) is 48.5 Å². The van der Waals surface area contributed by atoms with Crippen LogP contribution in [0.5, 0.6) is 0 Å². The molecule has 2 heterocycles. The summed E-state index contributed by atoms with van der Waals surface area (Å²) in [5.41, 5.74) is 1.76. The number of Topliss-reactive ketones (excluding diaryl/α,β-unsaturated/α-hetero) is 1. The van der Waals surface area contributed by atoms with E-state index in [-0.39, 0.29) is 12.3 Å². The van der Waals surface area contributed by atoms with Gasteiger partial charge in [-0.25, -0.2) is 9.48 Å². The number of carbonyl (C=O) groups is 1. The Morgan fingerprint density at radius 2 is 1.48 bits per heavy atom. The maximum atomic E-state index is 12.6. The number of hydrogen-bond donors (Lipinski definition) is 0. The maximum absolute atomic E-state index is 12.6. The first-order chi connectivity index (χ1) is 13.0. The minimum atomic E-state index is -0.483. The van der Waals surface area contributed by atoms with Gasteiger partial charge in [-0.3, -0.25) is 4.79 Å². The minimum absolute atomic E-state index is 0.180. The molecule has 0 spiro atoms. The molecular formula is C19H12Cl2N4O2. The molecule has 0 amide bonds. The molecule has 0 radical (unpaired) electrons. The van der Waals surface area contributed by atoms with Crippen molar-refractivity contribution >= 4 is 34.6 Å². The fourth-order valence-corrected chi connectivity index (χ4v) is 2.90. The number of rotatable bonds is 4. The van der Waals surface area contributed by atoms with E-state index in [4.69, 9.17) is 23.2 Å². The van der Waals surface area contributed by atoms with Gasteiger partial charge in [0.1, 0.15) is 6.54 Å². The molecule has 134 valence electrons. The van der Waals surface area contributed by atoms with Crippen LogP contribution in [0.1, 0.15) is 10.4 Å².